The molecule has 1 unspecified atom stereocenters. The highest BCUT2D eigenvalue weighted by atomic mass is 35.5. The van der Waals surface area contributed by atoms with Crippen molar-refractivity contribution in [2.75, 3.05) is 0 Å². The standard InChI is InChI=1S/C19H17ClN4O3/c20-16-6-12-5-13(7-17(25)26)19(27)24(9-11-1-3-21-4-2-11)10-15(12)14-8-22-23-18(14)16/h1-4,6,8,13H,5,7,9-10H2,(H,22,23)(H,25,26). The summed E-state index contributed by atoms with van der Waals surface area (Å²) in [6.45, 7) is 0.763. The van der Waals surface area contributed by atoms with Crippen LogP contribution in [-0.4, -0.2) is 37.1 Å². The molecule has 2 N–H and O–H groups in total. The summed E-state index contributed by atoms with van der Waals surface area (Å²) in [5.74, 6) is -1.79. The molecular weight excluding hydrogens is 368 g/mol. The third kappa shape index (κ3) is 3.38. The molecule has 7 nitrogen and oxygen atoms in total. The maximum atomic E-state index is 13.1. The lowest BCUT2D eigenvalue weighted by Crippen LogP contribution is -2.35. The van der Waals surface area contributed by atoms with Crippen molar-refractivity contribution in [2.24, 2.45) is 5.92 Å². The van der Waals surface area contributed by atoms with Crippen LogP contribution in [0.1, 0.15) is 23.1 Å². The van der Waals surface area contributed by atoms with Gasteiger partial charge in [-0.05, 0) is 41.3 Å². The minimum Gasteiger partial charge on any atom is -0.481 e. The molecule has 1 aromatic carbocycles. The zero-order valence-corrected chi connectivity index (χ0v) is 15.1. The lowest BCUT2D eigenvalue weighted by molar-refractivity contribution is -0.144. The minimum atomic E-state index is -0.990. The molecule has 27 heavy (non-hydrogen) atoms. The van der Waals surface area contributed by atoms with Crippen LogP contribution < -0.4 is 0 Å². The molecule has 3 heterocycles. The highest BCUT2D eigenvalue weighted by molar-refractivity contribution is 6.35. The van der Waals surface area contributed by atoms with Crippen LogP contribution in [0, 0.1) is 5.92 Å². The minimum absolute atomic E-state index is 0.168. The summed E-state index contributed by atoms with van der Waals surface area (Å²) in [6, 6.07) is 5.51. The van der Waals surface area contributed by atoms with Gasteiger partial charge in [0.05, 0.1) is 29.1 Å². The predicted octanol–water partition coefficient (Wildman–Crippen LogP) is 2.79. The number of hydrogen-bond acceptors (Lipinski definition) is 4. The molecule has 8 heteroatoms. The first-order valence-electron chi connectivity index (χ1n) is 8.55. The predicted molar refractivity (Wildman–Crippen MR) is 99.0 cm³/mol. The van der Waals surface area contributed by atoms with E-state index in [1.54, 1.807) is 23.5 Å². The van der Waals surface area contributed by atoms with Gasteiger partial charge in [-0.15, -0.1) is 0 Å². The maximum absolute atomic E-state index is 13.1. The van der Waals surface area contributed by atoms with E-state index in [1.165, 1.54) is 0 Å². The SMILES string of the molecule is O=C(O)CC1Cc2cc(Cl)c3[nH]ncc3c2CN(Cc2ccncc2)C1=O. The number of carbonyl (C=O) groups is 2. The number of benzene rings is 1. The Hall–Kier alpha value is -2.93. The van der Waals surface area contributed by atoms with Gasteiger partial charge >= 0.3 is 5.97 Å². The maximum Gasteiger partial charge on any atom is 0.304 e. The molecule has 3 aromatic rings. The molecule has 0 aliphatic carbocycles. The van der Waals surface area contributed by atoms with E-state index < -0.39 is 11.9 Å². The Morgan fingerprint density at radius 2 is 2.15 bits per heavy atom. The Kier molecular flexibility index (Phi) is 4.53. The number of rotatable bonds is 4. The fourth-order valence-corrected chi connectivity index (χ4v) is 3.92. The van der Waals surface area contributed by atoms with Crippen molar-refractivity contribution in [1.82, 2.24) is 20.1 Å². The summed E-state index contributed by atoms with van der Waals surface area (Å²) in [6.07, 6.45) is 5.18. The summed E-state index contributed by atoms with van der Waals surface area (Å²) < 4.78 is 0. The Labute approximate surface area is 160 Å². The third-order valence-electron chi connectivity index (χ3n) is 4.91. The van der Waals surface area contributed by atoms with E-state index in [4.69, 9.17) is 11.6 Å². The van der Waals surface area contributed by atoms with Crippen molar-refractivity contribution in [2.45, 2.75) is 25.9 Å². The number of fused-ring (bicyclic) bond motifs is 3. The molecule has 0 saturated carbocycles. The molecule has 1 aliphatic heterocycles. The zero-order chi connectivity index (χ0) is 19.0. The molecule has 1 aliphatic rings. The largest absolute Gasteiger partial charge is 0.481 e. The third-order valence-corrected chi connectivity index (χ3v) is 5.21. The van der Waals surface area contributed by atoms with Gasteiger partial charge in [-0.2, -0.15) is 5.10 Å². The fourth-order valence-electron chi connectivity index (χ4n) is 3.64. The Morgan fingerprint density at radius 3 is 2.89 bits per heavy atom. The van der Waals surface area contributed by atoms with Crippen molar-refractivity contribution in [1.29, 1.82) is 0 Å². The summed E-state index contributed by atoms with van der Waals surface area (Å²) in [4.78, 5) is 30.1. The highest BCUT2D eigenvalue weighted by Crippen LogP contribution is 2.34. The van der Waals surface area contributed by atoms with E-state index in [9.17, 15) is 14.7 Å². The number of pyridine rings is 1. The summed E-state index contributed by atoms with van der Waals surface area (Å²) in [5.41, 5.74) is 3.51. The second-order valence-corrected chi connectivity index (χ2v) is 7.11. The monoisotopic (exact) mass is 384 g/mol. The first-order valence-corrected chi connectivity index (χ1v) is 8.93. The van der Waals surface area contributed by atoms with Crippen molar-refractivity contribution in [3.05, 3.63) is 58.5 Å². The number of carboxylic acids is 1. The van der Waals surface area contributed by atoms with E-state index in [1.807, 2.05) is 18.2 Å². The van der Waals surface area contributed by atoms with Gasteiger partial charge in [-0.3, -0.25) is 19.7 Å². The molecule has 2 aromatic heterocycles. The van der Waals surface area contributed by atoms with Crippen LogP contribution in [0.25, 0.3) is 10.9 Å². The van der Waals surface area contributed by atoms with Crippen LogP contribution in [0.3, 0.4) is 0 Å². The Morgan fingerprint density at radius 1 is 1.37 bits per heavy atom. The molecule has 138 valence electrons. The van der Waals surface area contributed by atoms with Crippen LogP contribution in [0.4, 0.5) is 0 Å². The number of amides is 1. The molecule has 4 rings (SSSR count). The van der Waals surface area contributed by atoms with Gasteiger partial charge in [0.15, 0.2) is 0 Å². The Balaban J connectivity index is 1.79. The summed E-state index contributed by atoms with van der Waals surface area (Å²) in [5, 5.41) is 17.6. The normalized spacial score (nSPS) is 17.0. The van der Waals surface area contributed by atoms with Gasteiger partial charge in [0.2, 0.25) is 5.91 Å². The van der Waals surface area contributed by atoms with E-state index >= 15 is 0 Å². The van der Waals surface area contributed by atoms with Crippen molar-refractivity contribution < 1.29 is 14.7 Å². The first-order chi connectivity index (χ1) is 13.0. The van der Waals surface area contributed by atoms with Crippen molar-refractivity contribution in [3.8, 4) is 0 Å². The zero-order valence-electron chi connectivity index (χ0n) is 14.4. The van der Waals surface area contributed by atoms with Crippen LogP contribution in [0.15, 0.2) is 36.8 Å². The number of halogens is 1. The second-order valence-electron chi connectivity index (χ2n) is 6.70. The molecule has 0 spiro atoms. The van der Waals surface area contributed by atoms with Gasteiger partial charge in [-0.1, -0.05) is 11.6 Å². The molecule has 0 radical (unpaired) electrons. The Bertz CT molecular complexity index is 1020. The molecule has 0 fully saturated rings. The van der Waals surface area contributed by atoms with Gasteiger partial charge in [-0.25, -0.2) is 0 Å². The molecule has 1 amide bonds. The van der Waals surface area contributed by atoms with Crippen molar-refractivity contribution >= 4 is 34.4 Å². The fraction of sp³-hybridized carbons (Fsp3) is 0.263. The van der Waals surface area contributed by atoms with Gasteiger partial charge < -0.3 is 10.0 Å². The number of aromatic amines is 1. The number of nitrogens with zero attached hydrogens (tertiary/aromatic N) is 3. The highest BCUT2D eigenvalue weighted by Gasteiger charge is 2.32. The number of carbonyl (C=O) groups excluding carboxylic acids is 1. The quantitative estimate of drug-likeness (QED) is 0.720. The number of aromatic nitrogens is 3. The number of carboxylic acid groups (broad SMARTS) is 1. The van der Waals surface area contributed by atoms with E-state index in [2.05, 4.69) is 15.2 Å². The number of hydrogen-bond donors (Lipinski definition) is 2. The number of nitrogens with one attached hydrogen (secondary N) is 1. The van der Waals surface area contributed by atoms with E-state index in [0.29, 0.717) is 24.5 Å². The van der Waals surface area contributed by atoms with Gasteiger partial charge in [0.1, 0.15) is 0 Å². The van der Waals surface area contributed by atoms with Crippen LogP contribution in [0.5, 0.6) is 0 Å². The molecule has 0 bridgehead atoms. The smallest absolute Gasteiger partial charge is 0.304 e. The molecule has 0 saturated heterocycles. The molecule has 1 atom stereocenters. The van der Waals surface area contributed by atoms with E-state index in [-0.39, 0.29) is 12.3 Å². The average Bonchev–Trinajstić information content (AvgIpc) is 3.09. The van der Waals surface area contributed by atoms with Gasteiger partial charge in [0.25, 0.3) is 0 Å². The topological polar surface area (TPSA) is 99.2 Å². The first kappa shape index (κ1) is 17.5. The van der Waals surface area contributed by atoms with Crippen LogP contribution in [-0.2, 0) is 29.1 Å². The lowest BCUT2D eigenvalue weighted by Gasteiger charge is -2.24. The molecular formula is C19H17ClN4O3. The van der Waals surface area contributed by atoms with Crippen LogP contribution >= 0.6 is 11.6 Å². The number of H-pyrrole nitrogens is 1. The van der Waals surface area contributed by atoms with Crippen molar-refractivity contribution in [3.63, 3.8) is 0 Å². The van der Waals surface area contributed by atoms with Gasteiger partial charge in [0, 0.05) is 30.9 Å². The average molecular weight is 385 g/mol. The number of aliphatic carboxylic acids is 1. The summed E-state index contributed by atoms with van der Waals surface area (Å²) >= 11 is 6.35. The second kappa shape index (κ2) is 7.00. The van der Waals surface area contributed by atoms with E-state index in [0.717, 1.165) is 27.6 Å². The van der Waals surface area contributed by atoms with Crippen LogP contribution in [0.2, 0.25) is 5.02 Å². The summed E-state index contributed by atoms with van der Waals surface area (Å²) in [7, 11) is 0. The lowest BCUT2D eigenvalue weighted by atomic mass is 9.93.